The van der Waals surface area contributed by atoms with Crippen LogP contribution in [0.4, 0.5) is 0 Å². The normalized spacial score (nSPS) is 11.7. The highest BCUT2D eigenvalue weighted by atomic mass is 16.3. The van der Waals surface area contributed by atoms with Crippen LogP contribution in [0.1, 0.15) is 0 Å². The van der Waals surface area contributed by atoms with E-state index >= 15 is 0 Å². The summed E-state index contributed by atoms with van der Waals surface area (Å²) in [6.45, 7) is 0. The maximum Gasteiger partial charge on any atom is 0.238 e. The topological polar surface area (TPSA) is 61.7 Å². The molecule has 15 aromatic rings. The van der Waals surface area contributed by atoms with Crippen LogP contribution >= 0.6 is 0 Å². The summed E-state index contributed by atoms with van der Waals surface area (Å²) in [6.07, 6.45) is 0. The van der Waals surface area contributed by atoms with Crippen LogP contribution in [-0.2, 0) is 0 Å². The van der Waals surface area contributed by atoms with Crippen molar-refractivity contribution in [2.24, 2.45) is 0 Å². The van der Waals surface area contributed by atoms with E-state index in [0.717, 1.165) is 116 Å². The lowest BCUT2D eigenvalue weighted by atomic mass is 9.93. The Morgan fingerprint density at radius 3 is 1.36 bits per heavy atom. The van der Waals surface area contributed by atoms with Crippen molar-refractivity contribution in [2.75, 3.05) is 0 Å². The molecule has 75 heavy (non-hydrogen) atoms. The first-order chi connectivity index (χ1) is 37.2. The van der Waals surface area contributed by atoms with Crippen molar-refractivity contribution < 1.29 is 4.42 Å². The molecule has 15 rings (SSSR count). The summed E-state index contributed by atoms with van der Waals surface area (Å²) in [4.78, 5) is 16.4. The maximum absolute atomic E-state index is 6.78. The van der Waals surface area contributed by atoms with Gasteiger partial charge in [0.1, 0.15) is 11.2 Å². The third-order valence-electron chi connectivity index (χ3n) is 14.8. The van der Waals surface area contributed by atoms with Crippen molar-refractivity contribution in [3.63, 3.8) is 0 Å². The van der Waals surface area contributed by atoms with Gasteiger partial charge >= 0.3 is 0 Å². The van der Waals surface area contributed by atoms with Gasteiger partial charge in [0.25, 0.3) is 0 Å². The Balaban J connectivity index is 0.979. The van der Waals surface area contributed by atoms with Crippen LogP contribution in [0.3, 0.4) is 0 Å². The fraction of sp³-hybridized carbons (Fsp3) is 0. The molecule has 0 saturated heterocycles. The predicted octanol–water partition coefficient (Wildman–Crippen LogP) is 18.0. The number of hydrogen-bond donors (Lipinski definition) is 0. The molecule has 0 radical (unpaired) electrons. The second-order valence-corrected chi connectivity index (χ2v) is 19.1. The highest BCUT2D eigenvalue weighted by Gasteiger charge is 2.25. The number of benzene rings is 11. The van der Waals surface area contributed by atoms with Gasteiger partial charge in [-0.25, -0.2) is 4.98 Å². The average Bonchev–Trinajstić information content (AvgIpc) is 4.21. The Labute approximate surface area is 431 Å². The first-order valence-electron chi connectivity index (χ1n) is 25.3. The second-order valence-electron chi connectivity index (χ2n) is 19.1. The van der Waals surface area contributed by atoms with Crippen molar-refractivity contribution in [3.8, 4) is 78.9 Å². The molecule has 0 bridgehead atoms. The summed E-state index contributed by atoms with van der Waals surface area (Å²) in [5.74, 6) is 1.63. The number of nitrogens with zero attached hydrogens (tertiary/aromatic N) is 5. The molecule has 350 valence electrons. The Kier molecular flexibility index (Phi) is 9.78. The molecule has 0 aliphatic heterocycles. The van der Waals surface area contributed by atoms with E-state index < -0.39 is 0 Å². The highest BCUT2D eigenvalue weighted by molar-refractivity contribution is 6.24. The Hall–Kier alpha value is -10.2. The van der Waals surface area contributed by atoms with Gasteiger partial charge in [-0.15, -0.1) is 0 Å². The fourth-order valence-electron chi connectivity index (χ4n) is 11.4. The highest BCUT2D eigenvalue weighted by Crippen LogP contribution is 2.45. The van der Waals surface area contributed by atoms with Crippen molar-refractivity contribution in [1.29, 1.82) is 0 Å². The molecule has 6 nitrogen and oxygen atoms in total. The van der Waals surface area contributed by atoms with Crippen LogP contribution in [0.2, 0.25) is 0 Å². The van der Waals surface area contributed by atoms with Crippen LogP contribution in [-0.4, -0.2) is 24.1 Å². The number of para-hydroxylation sites is 2. The van der Waals surface area contributed by atoms with E-state index in [9.17, 15) is 0 Å². The lowest BCUT2D eigenvalue weighted by Crippen LogP contribution is -2.07. The van der Waals surface area contributed by atoms with E-state index in [4.69, 9.17) is 19.4 Å². The SMILES string of the molecule is c1ccc(-c2cccc(-c3cccc(-c4cccc5oc6cccc(-c7nc(-c8ccccc8)nc(-n8c9ccccc9c9ccc%10c%11ccccc%11n(-c%11cccc(-c%12ccccc%12)c%11)c%10c98)n7)c6c45)c3)c2)cc1. The van der Waals surface area contributed by atoms with E-state index in [1.54, 1.807) is 0 Å². The smallest absolute Gasteiger partial charge is 0.238 e. The Morgan fingerprint density at radius 1 is 0.280 bits per heavy atom. The number of hydrogen-bond acceptors (Lipinski definition) is 4. The summed E-state index contributed by atoms with van der Waals surface area (Å²) in [5, 5.41) is 6.46. The van der Waals surface area contributed by atoms with Gasteiger partial charge in [0.15, 0.2) is 11.6 Å². The molecule has 0 unspecified atom stereocenters. The molecular weight excluding hydrogens is 915 g/mol. The van der Waals surface area contributed by atoms with Crippen molar-refractivity contribution in [2.45, 2.75) is 0 Å². The van der Waals surface area contributed by atoms with Crippen molar-refractivity contribution >= 4 is 65.6 Å². The molecule has 0 saturated carbocycles. The lowest BCUT2D eigenvalue weighted by Gasteiger charge is -2.14. The predicted molar refractivity (Wildman–Crippen MR) is 308 cm³/mol. The maximum atomic E-state index is 6.78. The molecule has 0 amide bonds. The standard InChI is InChI=1S/C69H43N5O/c1-4-19-44(20-5-1)47-25-14-26-48(41-47)49-27-15-29-51(42-49)53-33-17-37-61-63(53)64-58(34-18-38-62(64)75-61)68-70-67(46-23-8-3-9-24-46)71-69(72-68)74-60-36-13-11-32-55(60)57-40-39-56-54-31-10-12-35-59(54)73(65(56)66(57)74)52-30-16-28-50(43-52)45-21-6-2-7-22-45/h1-43H. The number of fused-ring (bicyclic) bond motifs is 10. The monoisotopic (exact) mass is 957 g/mol. The Bertz CT molecular complexity index is 4700. The first-order valence-corrected chi connectivity index (χ1v) is 25.3. The number of rotatable bonds is 8. The lowest BCUT2D eigenvalue weighted by molar-refractivity contribution is 0.669. The molecule has 0 aliphatic carbocycles. The summed E-state index contributed by atoms with van der Waals surface area (Å²) >= 11 is 0. The molecule has 0 atom stereocenters. The minimum absolute atomic E-state index is 0.517. The Morgan fingerprint density at radius 2 is 0.720 bits per heavy atom. The zero-order valence-electron chi connectivity index (χ0n) is 40.5. The quantitative estimate of drug-likeness (QED) is 0.152. The summed E-state index contributed by atoms with van der Waals surface area (Å²) in [7, 11) is 0. The van der Waals surface area contributed by atoms with E-state index in [2.05, 4.69) is 240 Å². The first kappa shape index (κ1) is 42.5. The molecule has 4 heterocycles. The minimum atomic E-state index is 0.517. The fourth-order valence-corrected chi connectivity index (χ4v) is 11.4. The van der Waals surface area contributed by atoms with Crippen LogP contribution in [0, 0.1) is 0 Å². The molecule has 0 N–H and O–H groups in total. The zero-order valence-corrected chi connectivity index (χ0v) is 40.5. The van der Waals surface area contributed by atoms with Crippen LogP contribution in [0.5, 0.6) is 0 Å². The van der Waals surface area contributed by atoms with Crippen LogP contribution < -0.4 is 0 Å². The largest absolute Gasteiger partial charge is 0.456 e. The van der Waals surface area contributed by atoms with E-state index in [0.29, 0.717) is 17.6 Å². The van der Waals surface area contributed by atoms with E-state index in [-0.39, 0.29) is 0 Å². The molecular formula is C69H43N5O. The number of furan rings is 1. The van der Waals surface area contributed by atoms with Gasteiger partial charge < -0.3 is 8.98 Å². The molecule has 0 fully saturated rings. The second kappa shape index (κ2) is 17.3. The third kappa shape index (κ3) is 6.99. The van der Waals surface area contributed by atoms with E-state index in [1.807, 2.05) is 30.3 Å². The van der Waals surface area contributed by atoms with Crippen molar-refractivity contribution in [1.82, 2.24) is 24.1 Å². The van der Waals surface area contributed by atoms with Gasteiger partial charge in [0.2, 0.25) is 5.95 Å². The molecule has 0 aliphatic rings. The van der Waals surface area contributed by atoms with Gasteiger partial charge in [-0.3, -0.25) is 4.57 Å². The molecule has 0 spiro atoms. The van der Waals surface area contributed by atoms with Crippen LogP contribution in [0.15, 0.2) is 265 Å². The van der Waals surface area contributed by atoms with Gasteiger partial charge in [0.05, 0.1) is 22.1 Å². The van der Waals surface area contributed by atoms with Gasteiger partial charge in [-0.05, 0) is 93.0 Å². The van der Waals surface area contributed by atoms with Gasteiger partial charge in [-0.2, -0.15) is 9.97 Å². The summed E-state index contributed by atoms with van der Waals surface area (Å²) < 4.78 is 11.5. The summed E-state index contributed by atoms with van der Waals surface area (Å²) in [5.41, 5.74) is 17.6. The van der Waals surface area contributed by atoms with E-state index in [1.165, 1.54) is 11.1 Å². The summed E-state index contributed by atoms with van der Waals surface area (Å²) in [6, 6.07) is 92.2. The molecule has 11 aromatic carbocycles. The van der Waals surface area contributed by atoms with Crippen molar-refractivity contribution in [3.05, 3.63) is 261 Å². The number of aromatic nitrogens is 5. The molecule has 6 heteroatoms. The molecule has 4 aromatic heterocycles. The average molecular weight is 958 g/mol. The van der Waals surface area contributed by atoms with Crippen LogP contribution in [0.25, 0.3) is 144 Å². The third-order valence-corrected chi connectivity index (χ3v) is 14.8. The minimum Gasteiger partial charge on any atom is -0.456 e. The van der Waals surface area contributed by atoms with Gasteiger partial charge in [-0.1, -0.05) is 212 Å². The zero-order chi connectivity index (χ0) is 49.4. The van der Waals surface area contributed by atoms with Gasteiger partial charge in [0, 0.05) is 49.1 Å².